The fourth-order valence-electron chi connectivity index (χ4n) is 8.45. The lowest BCUT2D eigenvalue weighted by Gasteiger charge is -2.37. The molecule has 12 nitrogen and oxygen atoms in total. The SMILES string of the molecule is CC1C=NC=CC1c1nn(-c2ccc(N3CCN(c4ccc5c(c4)C(=O)N(C4CCC(=O)N(C)C4=O)C5=O)CC3)cc2)cc1-c1ccc2c(c1)CCC2=O. The van der Waals surface area contributed by atoms with Gasteiger partial charge in [0.25, 0.3) is 17.7 Å². The number of rotatable bonds is 6. The predicted molar refractivity (Wildman–Crippen MR) is 203 cm³/mol. The summed E-state index contributed by atoms with van der Waals surface area (Å²) in [5, 5.41) is 5.14. The Balaban J connectivity index is 0.902. The van der Waals surface area contributed by atoms with Gasteiger partial charge in [0.15, 0.2) is 5.78 Å². The lowest BCUT2D eigenvalue weighted by Crippen LogP contribution is -2.54. The average molecular weight is 722 g/mol. The number of allylic oxidation sites excluding steroid dienone is 1. The monoisotopic (exact) mass is 721 g/mol. The van der Waals surface area contributed by atoms with Crippen LogP contribution in [0, 0.1) is 5.92 Å². The Kier molecular flexibility index (Phi) is 8.13. The van der Waals surface area contributed by atoms with Gasteiger partial charge in [-0.15, -0.1) is 0 Å². The minimum Gasteiger partial charge on any atom is -0.368 e. The highest BCUT2D eigenvalue weighted by atomic mass is 16.2. The largest absolute Gasteiger partial charge is 0.368 e. The van der Waals surface area contributed by atoms with Gasteiger partial charge in [0.1, 0.15) is 6.04 Å². The molecule has 3 unspecified atom stereocenters. The number of piperidine rings is 1. The molecule has 4 aromatic rings. The molecule has 12 heteroatoms. The molecule has 0 saturated carbocycles. The van der Waals surface area contributed by atoms with Crippen LogP contribution in [0.4, 0.5) is 11.4 Å². The van der Waals surface area contributed by atoms with Crippen molar-refractivity contribution >= 4 is 47.0 Å². The molecule has 54 heavy (non-hydrogen) atoms. The second kappa shape index (κ2) is 13.0. The summed E-state index contributed by atoms with van der Waals surface area (Å²) in [5.74, 6) is -1.35. The molecule has 3 atom stereocenters. The second-order valence-corrected chi connectivity index (χ2v) is 14.7. The molecule has 272 valence electrons. The molecule has 0 N–H and O–H groups in total. The Morgan fingerprint density at radius 1 is 0.704 bits per heavy atom. The van der Waals surface area contributed by atoms with Crippen LogP contribution in [0.25, 0.3) is 16.8 Å². The van der Waals surface area contributed by atoms with Crippen molar-refractivity contribution in [2.75, 3.05) is 43.0 Å². The van der Waals surface area contributed by atoms with E-state index in [2.05, 4.69) is 64.3 Å². The van der Waals surface area contributed by atoms with Crippen LogP contribution in [-0.4, -0.2) is 94.5 Å². The van der Waals surface area contributed by atoms with Crippen LogP contribution >= 0.6 is 0 Å². The van der Waals surface area contributed by atoms with Gasteiger partial charge in [-0.2, -0.15) is 5.10 Å². The summed E-state index contributed by atoms with van der Waals surface area (Å²) in [6.45, 7) is 5.11. The standard InChI is InChI=1S/C42H39N7O5/c1-25-23-43-16-15-31(25)39-35(27-3-10-32-26(21-27)4-13-37(32)50)24-48(44-39)29-7-5-28(6-8-29)46-17-19-47(20-18-46)30-9-11-33-34(22-30)41(53)49(40(33)52)36-12-14-38(51)45(2)42(36)54/h3,5-11,15-16,21-25,31,36H,4,12-14,17-20H2,1-2H3. The van der Waals surface area contributed by atoms with Crippen LogP contribution in [0.5, 0.6) is 0 Å². The molecular weight excluding hydrogens is 683 g/mol. The minimum absolute atomic E-state index is 0.0717. The fourth-order valence-corrected chi connectivity index (χ4v) is 8.45. The van der Waals surface area contributed by atoms with E-state index in [1.807, 2.05) is 35.3 Å². The third kappa shape index (κ3) is 5.55. The van der Waals surface area contributed by atoms with Crippen LogP contribution in [0.3, 0.4) is 0 Å². The maximum absolute atomic E-state index is 13.5. The van der Waals surface area contributed by atoms with Crippen LogP contribution in [0.2, 0.25) is 0 Å². The maximum atomic E-state index is 13.5. The van der Waals surface area contributed by atoms with Gasteiger partial charge in [-0.25, -0.2) is 4.68 Å². The number of nitrogens with zero attached hydrogens (tertiary/aromatic N) is 7. The lowest BCUT2D eigenvalue weighted by molar-refractivity contribution is -0.149. The smallest absolute Gasteiger partial charge is 0.262 e. The number of carbonyl (C=O) groups is 5. The van der Waals surface area contributed by atoms with Gasteiger partial charge >= 0.3 is 0 Å². The number of likely N-dealkylation sites (N-methyl/N-ethyl adjacent to an activating group) is 1. The predicted octanol–water partition coefficient (Wildman–Crippen LogP) is 5.06. The van der Waals surface area contributed by atoms with Crippen LogP contribution < -0.4 is 9.80 Å². The summed E-state index contributed by atoms with van der Waals surface area (Å²) in [7, 11) is 1.39. The summed E-state index contributed by atoms with van der Waals surface area (Å²) in [5.41, 5.74) is 8.48. The molecule has 4 aliphatic heterocycles. The number of aliphatic imine (C=N–C) groups is 1. The van der Waals surface area contributed by atoms with Crippen molar-refractivity contribution in [3.63, 3.8) is 0 Å². The van der Waals surface area contributed by atoms with Crippen molar-refractivity contribution in [1.82, 2.24) is 19.6 Å². The number of piperazine rings is 1. The molecule has 1 aromatic heterocycles. The van der Waals surface area contributed by atoms with E-state index in [9.17, 15) is 24.0 Å². The van der Waals surface area contributed by atoms with Gasteiger partial charge in [0.2, 0.25) is 5.91 Å². The summed E-state index contributed by atoms with van der Waals surface area (Å²) in [6.07, 6.45) is 9.59. The second-order valence-electron chi connectivity index (χ2n) is 14.7. The first kappa shape index (κ1) is 33.7. The van der Waals surface area contributed by atoms with E-state index >= 15 is 0 Å². The van der Waals surface area contributed by atoms with Gasteiger partial charge in [-0.1, -0.05) is 31.2 Å². The van der Waals surface area contributed by atoms with Crippen LogP contribution in [-0.2, 0) is 16.0 Å². The number of benzene rings is 3. The highest BCUT2D eigenvalue weighted by Crippen LogP contribution is 2.38. The number of likely N-dealkylation sites (tertiary alicyclic amines) is 1. The summed E-state index contributed by atoms with van der Waals surface area (Å²) < 4.78 is 1.94. The van der Waals surface area contributed by atoms with Gasteiger partial charge in [-0.3, -0.25) is 38.8 Å². The van der Waals surface area contributed by atoms with Crippen LogP contribution in [0.15, 0.2) is 84.1 Å². The van der Waals surface area contributed by atoms with Gasteiger partial charge in [-0.05, 0) is 66.4 Å². The van der Waals surface area contributed by atoms with E-state index in [1.54, 1.807) is 12.1 Å². The van der Waals surface area contributed by atoms with E-state index in [1.165, 1.54) is 7.05 Å². The molecule has 3 aromatic carbocycles. The van der Waals surface area contributed by atoms with Crippen molar-refractivity contribution in [3.05, 3.63) is 107 Å². The normalized spacial score (nSPS) is 22.5. The number of hydrogen-bond acceptors (Lipinski definition) is 9. The molecule has 5 aliphatic rings. The van der Waals surface area contributed by atoms with E-state index in [4.69, 9.17) is 5.10 Å². The first-order valence-electron chi connectivity index (χ1n) is 18.5. The third-order valence-corrected chi connectivity index (χ3v) is 11.6. The number of fused-ring (bicyclic) bond motifs is 2. The lowest BCUT2D eigenvalue weighted by atomic mass is 9.87. The minimum atomic E-state index is -0.971. The zero-order chi connectivity index (χ0) is 37.2. The van der Waals surface area contributed by atoms with Gasteiger partial charge in [0, 0.05) is 99.0 Å². The number of hydrogen-bond donors (Lipinski definition) is 0. The third-order valence-electron chi connectivity index (χ3n) is 11.6. The molecule has 4 amide bonds. The highest BCUT2D eigenvalue weighted by Gasteiger charge is 2.46. The molecule has 0 spiro atoms. The van der Waals surface area contributed by atoms with Gasteiger partial charge < -0.3 is 9.80 Å². The molecule has 9 rings (SSSR count). The topological polar surface area (TPSA) is 128 Å². The Morgan fingerprint density at radius 2 is 1.39 bits per heavy atom. The maximum Gasteiger partial charge on any atom is 0.262 e. The Hall–Kier alpha value is -6.17. The van der Waals surface area contributed by atoms with Crippen molar-refractivity contribution in [1.29, 1.82) is 0 Å². The number of imide groups is 2. The Bertz CT molecular complexity index is 2320. The van der Waals surface area contributed by atoms with Crippen molar-refractivity contribution in [3.8, 4) is 16.8 Å². The van der Waals surface area contributed by atoms with Crippen molar-refractivity contribution < 1.29 is 24.0 Å². The molecule has 0 bridgehead atoms. The number of anilines is 2. The fraction of sp³-hybridized carbons (Fsp3) is 0.310. The number of ketones is 1. The molecule has 1 aliphatic carbocycles. The molecule has 2 fully saturated rings. The van der Waals surface area contributed by atoms with Gasteiger partial charge in [0.05, 0.1) is 22.5 Å². The number of aromatic nitrogens is 2. The first-order valence-corrected chi connectivity index (χ1v) is 18.5. The summed E-state index contributed by atoms with van der Waals surface area (Å²) in [4.78, 5) is 74.8. The average Bonchev–Trinajstić information content (AvgIpc) is 3.88. The zero-order valence-corrected chi connectivity index (χ0v) is 30.1. The Morgan fingerprint density at radius 3 is 2.15 bits per heavy atom. The number of Topliss-reactive ketones (excluding diaryl/α,β-unsaturated/α-hetero) is 1. The molecule has 5 heterocycles. The molecular formula is C42H39N7O5. The first-order chi connectivity index (χ1) is 26.2. The quantitative estimate of drug-likeness (QED) is 0.253. The van der Waals surface area contributed by atoms with E-state index in [0.29, 0.717) is 12.0 Å². The highest BCUT2D eigenvalue weighted by molar-refractivity contribution is 6.23. The van der Waals surface area contributed by atoms with E-state index in [0.717, 1.165) is 87.4 Å². The summed E-state index contributed by atoms with van der Waals surface area (Å²) in [6, 6.07) is 18.9. The molecule has 0 radical (unpaired) electrons. The van der Waals surface area contributed by atoms with E-state index in [-0.39, 0.29) is 41.9 Å². The Labute approximate surface area is 312 Å². The number of amides is 4. The van der Waals surface area contributed by atoms with Crippen molar-refractivity contribution in [2.24, 2.45) is 10.9 Å². The zero-order valence-electron chi connectivity index (χ0n) is 30.1. The van der Waals surface area contributed by atoms with E-state index < -0.39 is 23.8 Å². The number of carbonyl (C=O) groups excluding carboxylic acids is 5. The van der Waals surface area contributed by atoms with Crippen LogP contribution in [0.1, 0.15) is 74.4 Å². The summed E-state index contributed by atoms with van der Waals surface area (Å²) >= 11 is 0. The molecule has 2 saturated heterocycles. The van der Waals surface area contributed by atoms with Crippen molar-refractivity contribution in [2.45, 2.75) is 44.6 Å². The number of aryl methyl sites for hydroxylation is 1.